The molecule has 3 aromatic heterocycles. The monoisotopic (exact) mass is 481 g/mol. The quantitative estimate of drug-likeness (QED) is 0.455. The Morgan fingerprint density at radius 1 is 1.24 bits per heavy atom. The molecule has 3 heterocycles. The maximum absolute atomic E-state index is 12.0. The van der Waals surface area contributed by atoms with Crippen LogP contribution < -0.4 is 5.32 Å². The van der Waals surface area contributed by atoms with E-state index in [1.54, 1.807) is 6.07 Å². The maximum Gasteiger partial charge on any atom is 0.261 e. The van der Waals surface area contributed by atoms with E-state index in [0.29, 0.717) is 22.4 Å². The number of hydrogen-bond donors (Lipinski definition) is 2. The molecule has 0 aliphatic rings. The van der Waals surface area contributed by atoms with Gasteiger partial charge >= 0.3 is 0 Å². The molecule has 0 fully saturated rings. The lowest BCUT2D eigenvalue weighted by Crippen LogP contribution is -2.21. The van der Waals surface area contributed by atoms with Crippen LogP contribution in [0, 0.1) is 0 Å². The highest BCUT2D eigenvalue weighted by Gasteiger charge is 2.14. The van der Waals surface area contributed by atoms with E-state index in [1.165, 1.54) is 11.3 Å². The van der Waals surface area contributed by atoms with Crippen molar-refractivity contribution in [1.29, 1.82) is 0 Å². The van der Waals surface area contributed by atoms with Gasteiger partial charge in [0, 0.05) is 4.47 Å². The van der Waals surface area contributed by atoms with Crippen molar-refractivity contribution in [3.63, 3.8) is 0 Å². The van der Waals surface area contributed by atoms with E-state index in [9.17, 15) is 4.79 Å². The smallest absolute Gasteiger partial charge is 0.261 e. The van der Waals surface area contributed by atoms with Crippen molar-refractivity contribution < 1.29 is 9.32 Å². The third-order valence-electron chi connectivity index (χ3n) is 3.32. The first-order valence-corrected chi connectivity index (χ1v) is 9.50. The van der Waals surface area contributed by atoms with E-state index in [-0.39, 0.29) is 12.5 Å². The van der Waals surface area contributed by atoms with Crippen LogP contribution in [0.25, 0.3) is 22.7 Å². The highest BCUT2D eigenvalue weighted by Crippen LogP contribution is 2.23. The fourth-order valence-corrected chi connectivity index (χ4v) is 3.85. The number of carbonyl (C=O) groups is 1. The molecule has 4 aromatic rings. The van der Waals surface area contributed by atoms with Crippen LogP contribution in [0.3, 0.4) is 0 Å². The summed E-state index contributed by atoms with van der Waals surface area (Å²) in [7, 11) is 0. The van der Waals surface area contributed by atoms with Gasteiger partial charge in [0.05, 0.1) is 26.2 Å². The van der Waals surface area contributed by atoms with Crippen molar-refractivity contribution in [1.82, 2.24) is 25.4 Å². The zero-order valence-corrected chi connectivity index (χ0v) is 16.4. The summed E-state index contributed by atoms with van der Waals surface area (Å²) in [6, 6.07) is 9.29. The normalized spacial score (nSPS) is 11.1. The van der Waals surface area contributed by atoms with Crippen LogP contribution in [0.15, 0.2) is 43.1 Å². The highest BCUT2D eigenvalue weighted by atomic mass is 79.9. The van der Waals surface area contributed by atoms with Crippen LogP contribution in [0.1, 0.15) is 15.6 Å². The topological polar surface area (TPSA) is 96.7 Å². The number of hydrogen-bond acceptors (Lipinski definition) is 6. The Bertz CT molecular complexity index is 1070. The second-order valence-electron chi connectivity index (χ2n) is 5.05. The van der Waals surface area contributed by atoms with Crippen molar-refractivity contribution in [3.05, 3.63) is 49.4 Å². The van der Waals surface area contributed by atoms with E-state index in [4.69, 9.17) is 4.52 Å². The van der Waals surface area contributed by atoms with Gasteiger partial charge < -0.3 is 14.8 Å². The summed E-state index contributed by atoms with van der Waals surface area (Å²) in [6.45, 7) is 0.146. The molecule has 0 atom stereocenters. The molecular formula is C15H9Br2N5O2S. The zero-order chi connectivity index (χ0) is 17.4. The molecule has 7 nitrogen and oxygen atoms in total. The van der Waals surface area contributed by atoms with Crippen LogP contribution in [-0.4, -0.2) is 26.0 Å². The van der Waals surface area contributed by atoms with Crippen molar-refractivity contribution >= 4 is 60.1 Å². The Hall–Kier alpha value is -2.04. The molecule has 25 heavy (non-hydrogen) atoms. The molecule has 0 unspecified atom stereocenters. The van der Waals surface area contributed by atoms with Crippen molar-refractivity contribution in [3.8, 4) is 11.6 Å². The Morgan fingerprint density at radius 2 is 2.12 bits per heavy atom. The van der Waals surface area contributed by atoms with E-state index in [1.807, 2.05) is 24.3 Å². The van der Waals surface area contributed by atoms with Gasteiger partial charge in [0.1, 0.15) is 0 Å². The zero-order valence-electron chi connectivity index (χ0n) is 12.4. The fourth-order valence-electron chi connectivity index (χ4n) is 2.19. The molecule has 1 aromatic carbocycles. The van der Waals surface area contributed by atoms with Crippen LogP contribution >= 0.6 is 43.2 Å². The molecular weight excluding hydrogens is 474 g/mol. The number of aromatic nitrogens is 4. The molecule has 0 aliphatic heterocycles. The molecule has 0 aliphatic carbocycles. The van der Waals surface area contributed by atoms with E-state index >= 15 is 0 Å². The Morgan fingerprint density at radius 3 is 2.92 bits per heavy atom. The number of fused-ring (bicyclic) bond motifs is 1. The summed E-state index contributed by atoms with van der Waals surface area (Å²) in [5.74, 6) is 0.969. The fraction of sp³-hybridized carbons (Fsp3) is 0.0667. The van der Waals surface area contributed by atoms with Gasteiger partial charge in [-0.15, -0.1) is 11.3 Å². The van der Waals surface area contributed by atoms with Crippen LogP contribution in [0.5, 0.6) is 0 Å². The molecule has 126 valence electrons. The first kappa shape index (κ1) is 16.4. The molecule has 0 bridgehead atoms. The van der Waals surface area contributed by atoms with Gasteiger partial charge in [-0.25, -0.2) is 4.98 Å². The first-order valence-electron chi connectivity index (χ1n) is 7.10. The number of H-pyrrole nitrogens is 1. The number of thiophene rings is 1. The molecule has 10 heteroatoms. The minimum Gasteiger partial charge on any atom is -0.342 e. The SMILES string of the molecule is O=C(NCc1nc(-c2nc3ccc(Br)cc3[nH]2)no1)c1ccc(Br)s1. The van der Waals surface area contributed by atoms with Gasteiger partial charge in [-0.05, 0) is 46.3 Å². The first-order chi connectivity index (χ1) is 12.1. The third-order valence-corrected chi connectivity index (χ3v) is 5.44. The molecule has 2 N–H and O–H groups in total. The summed E-state index contributed by atoms with van der Waals surface area (Å²) in [4.78, 5) is 24.5. The summed E-state index contributed by atoms with van der Waals surface area (Å²) >= 11 is 8.10. The average Bonchev–Trinajstić information content (AvgIpc) is 3.30. The van der Waals surface area contributed by atoms with Crippen LogP contribution in [0.4, 0.5) is 0 Å². The highest BCUT2D eigenvalue weighted by molar-refractivity contribution is 9.11. The van der Waals surface area contributed by atoms with Gasteiger partial charge in [0.25, 0.3) is 5.91 Å². The van der Waals surface area contributed by atoms with Gasteiger partial charge in [-0.1, -0.05) is 21.1 Å². The minimum atomic E-state index is -0.191. The predicted octanol–water partition coefficient (Wildman–Crippen LogP) is 4.13. The maximum atomic E-state index is 12.0. The van der Waals surface area contributed by atoms with Crippen molar-refractivity contribution in [2.45, 2.75) is 6.54 Å². The molecule has 0 saturated carbocycles. The average molecular weight is 483 g/mol. The molecule has 0 radical (unpaired) electrons. The van der Waals surface area contributed by atoms with E-state index < -0.39 is 0 Å². The number of benzene rings is 1. The number of nitrogens with zero attached hydrogens (tertiary/aromatic N) is 3. The molecule has 0 saturated heterocycles. The summed E-state index contributed by atoms with van der Waals surface area (Å²) in [5, 5.41) is 6.66. The van der Waals surface area contributed by atoms with Gasteiger partial charge in [-0.3, -0.25) is 4.79 Å². The standard InChI is InChI=1S/C15H9Br2N5O2S/c16-7-1-2-8-9(5-7)20-13(19-8)14-21-12(24-22-14)6-18-15(23)10-3-4-11(17)25-10/h1-5H,6H2,(H,18,23)(H,19,20). The predicted molar refractivity (Wildman–Crippen MR) is 100 cm³/mol. The minimum absolute atomic E-state index is 0.146. The van der Waals surface area contributed by atoms with E-state index in [2.05, 4.69) is 57.3 Å². The lowest BCUT2D eigenvalue weighted by atomic mass is 10.3. The van der Waals surface area contributed by atoms with Crippen molar-refractivity contribution in [2.24, 2.45) is 0 Å². The van der Waals surface area contributed by atoms with Crippen LogP contribution in [-0.2, 0) is 6.54 Å². The Kier molecular flexibility index (Phi) is 4.40. The van der Waals surface area contributed by atoms with Gasteiger partial charge in [0.2, 0.25) is 11.7 Å². The third kappa shape index (κ3) is 3.51. The number of aromatic amines is 1. The van der Waals surface area contributed by atoms with E-state index in [0.717, 1.165) is 19.3 Å². The van der Waals surface area contributed by atoms with Gasteiger partial charge in [0.15, 0.2) is 5.82 Å². The second-order valence-corrected chi connectivity index (χ2v) is 8.42. The number of imidazole rings is 1. The molecule has 1 amide bonds. The lowest BCUT2D eigenvalue weighted by Gasteiger charge is -1.98. The largest absolute Gasteiger partial charge is 0.342 e. The van der Waals surface area contributed by atoms with Crippen molar-refractivity contribution in [2.75, 3.05) is 0 Å². The second kappa shape index (κ2) is 6.70. The number of halogens is 2. The Labute approximate surface area is 162 Å². The van der Waals surface area contributed by atoms with Gasteiger partial charge in [-0.2, -0.15) is 4.98 Å². The summed E-state index contributed by atoms with van der Waals surface area (Å²) in [5.41, 5.74) is 1.67. The number of carbonyl (C=O) groups excluding carboxylic acids is 1. The number of amides is 1. The number of nitrogens with one attached hydrogen (secondary N) is 2. The number of rotatable bonds is 4. The van der Waals surface area contributed by atoms with Crippen LogP contribution in [0.2, 0.25) is 0 Å². The Balaban J connectivity index is 1.48. The molecule has 4 rings (SSSR count). The lowest BCUT2D eigenvalue weighted by molar-refractivity contribution is 0.0950. The summed E-state index contributed by atoms with van der Waals surface area (Å²) in [6.07, 6.45) is 0. The summed E-state index contributed by atoms with van der Waals surface area (Å²) < 4.78 is 7.03. The molecule has 0 spiro atoms.